The predicted octanol–water partition coefficient (Wildman–Crippen LogP) is 8.82. The molecule has 0 aliphatic carbocycles. The van der Waals surface area contributed by atoms with Crippen molar-refractivity contribution in [1.82, 2.24) is 25.0 Å². The van der Waals surface area contributed by atoms with Gasteiger partial charge in [0.2, 0.25) is 0 Å². The van der Waals surface area contributed by atoms with Crippen molar-refractivity contribution in [2.45, 2.75) is 46.4 Å². The van der Waals surface area contributed by atoms with Gasteiger partial charge in [0.15, 0.2) is 0 Å². The number of amides is 1. The van der Waals surface area contributed by atoms with Gasteiger partial charge in [0.1, 0.15) is 40.6 Å². The number of hydrazone groups is 1. The Balaban J connectivity index is 1.11. The number of para-hydroxylation sites is 1. The molecule has 0 radical (unpaired) electrons. The highest BCUT2D eigenvalue weighted by atomic mass is 16.5. The topological polar surface area (TPSA) is 119 Å². The molecule has 2 aromatic heterocycles. The Morgan fingerprint density at radius 1 is 0.807 bits per heavy atom. The molecule has 57 heavy (non-hydrogen) atoms. The van der Waals surface area contributed by atoms with Crippen LogP contribution in [0.15, 0.2) is 120 Å². The Kier molecular flexibility index (Phi) is 9.12. The number of nitrogens with one attached hydrogen (secondary N) is 2. The SMILES string of the molecule is CCNc1cc2c(cc1C)C1(c3cc(C)c(NCC)cc3O2)c2ccccc2C(=O)N1/N=C/c1ccc2cccc(OCc3cn(Cc4ccccc4)nn3)c2n1. The van der Waals surface area contributed by atoms with Crippen molar-refractivity contribution in [3.05, 3.63) is 166 Å². The van der Waals surface area contributed by atoms with Gasteiger partial charge in [0.25, 0.3) is 5.91 Å². The molecule has 2 N–H and O–H groups in total. The highest BCUT2D eigenvalue weighted by Gasteiger charge is 2.57. The number of ether oxygens (including phenoxy) is 2. The zero-order valence-electron chi connectivity index (χ0n) is 32.3. The molecule has 1 amide bonds. The first-order valence-corrected chi connectivity index (χ1v) is 19.3. The van der Waals surface area contributed by atoms with E-state index >= 15 is 0 Å². The van der Waals surface area contributed by atoms with Crippen molar-refractivity contribution < 1.29 is 14.3 Å². The molecule has 0 fully saturated rings. The number of hydrogen-bond acceptors (Lipinski definition) is 9. The van der Waals surface area contributed by atoms with E-state index in [0.717, 1.165) is 63.2 Å². The number of anilines is 2. The van der Waals surface area contributed by atoms with Crippen LogP contribution in [-0.4, -0.2) is 50.2 Å². The standard InChI is InChI=1S/C46H42N8O3/c1-5-47-39-23-42-37(21-29(39)3)46(38-22-30(4)40(48-6-2)24-43(38)57-42)36-17-11-10-16-35(36)45(55)54(46)49-25-33-20-19-32-15-12-18-41(44(32)50-33)56-28-34-27-53(52-51-34)26-31-13-8-7-9-14-31/h7-25,27,47-48H,5-6,26,28H2,1-4H3/b49-25+. The minimum Gasteiger partial charge on any atom is -0.485 e. The minimum absolute atomic E-state index is 0.215. The quantitative estimate of drug-likeness (QED) is 0.126. The van der Waals surface area contributed by atoms with E-state index in [9.17, 15) is 4.79 Å². The molecule has 7 aromatic rings. The van der Waals surface area contributed by atoms with Crippen LogP contribution in [0.1, 0.15) is 69.0 Å². The molecule has 9 rings (SSSR count). The van der Waals surface area contributed by atoms with Crippen LogP contribution in [0.2, 0.25) is 0 Å². The molecule has 4 heterocycles. The van der Waals surface area contributed by atoms with Crippen molar-refractivity contribution in [2.24, 2.45) is 5.10 Å². The fourth-order valence-electron chi connectivity index (χ4n) is 8.00. The molecule has 284 valence electrons. The number of fused-ring (bicyclic) bond motifs is 7. The summed E-state index contributed by atoms with van der Waals surface area (Å²) in [6.07, 6.45) is 3.55. The molecule has 1 spiro atoms. The van der Waals surface area contributed by atoms with E-state index in [1.165, 1.54) is 0 Å². The summed E-state index contributed by atoms with van der Waals surface area (Å²) >= 11 is 0. The van der Waals surface area contributed by atoms with Crippen molar-refractivity contribution in [3.63, 3.8) is 0 Å². The highest BCUT2D eigenvalue weighted by molar-refractivity contribution is 6.03. The average molecular weight is 755 g/mol. The maximum Gasteiger partial charge on any atom is 0.275 e. The normalized spacial score (nSPS) is 13.8. The average Bonchev–Trinajstić information content (AvgIpc) is 3.77. The monoisotopic (exact) mass is 754 g/mol. The molecule has 2 aliphatic rings. The van der Waals surface area contributed by atoms with Gasteiger partial charge >= 0.3 is 0 Å². The summed E-state index contributed by atoms with van der Waals surface area (Å²) in [5.41, 5.74) is 9.05. The van der Waals surface area contributed by atoms with Gasteiger partial charge in [-0.05, 0) is 74.7 Å². The number of aromatic nitrogens is 4. The fourth-order valence-corrected chi connectivity index (χ4v) is 8.00. The van der Waals surface area contributed by atoms with E-state index in [4.69, 9.17) is 19.6 Å². The lowest BCUT2D eigenvalue weighted by molar-refractivity contribution is 0.0675. The molecular formula is C46H42N8O3. The number of carbonyl (C=O) groups excluding carboxylic acids is 1. The smallest absolute Gasteiger partial charge is 0.275 e. The second-order valence-corrected chi connectivity index (χ2v) is 14.4. The molecule has 5 aromatic carbocycles. The molecule has 0 bridgehead atoms. The van der Waals surface area contributed by atoms with Crippen molar-refractivity contribution in [2.75, 3.05) is 23.7 Å². The van der Waals surface area contributed by atoms with Crippen LogP contribution in [0, 0.1) is 13.8 Å². The van der Waals surface area contributed by atoms with Gasteiger partial charge in [0, 0.05) is 64.2 Å². The van der Waals surface area contributed by atoms with Gasteiger partial charge < -0.3 is 20.1 Å². The predicted molar refractivity (Wildman–Crippen MR) is 222 cm³/mol. The maximum atomic E-state index is 14.7. The van der Waals surface area contributed by atoms with Gasteiger partial charge in [-0.25, -0.2) is 14.7 Å². The molecule has 11 nitrogen and oxygen atoms in total. The van der Waals surface area contributed by atoms with Crippen LogP contribution in [0.3, 0.4) is 0 Å². The first kappa shape index (κ1) is 35.7. The number of rotatable bonds is 11. The third-order valence-electron chi connectivity index (χ3n) is 10.6. The van der Waals surface area contributed by atoms with Crippen molar-refractivity contribution >= 4 is 34.4 Å². The van der Waals surface area contributed by atoms with Crippen LogP contribution in [0.4, 0.5) is 11.4 Å². The Morgan fingerprint density at radius 3 is 2.23 bits per heavy atom. The largest absolute Gasteiger partial charge is 0.485 e. The zero-order valence-corrected chi connectivity index (χ0v) is 32.3. The fraction of sp³-hybridized carbons (Fsp3) is 0.196. The second kappa shape index (κ2) is 14.6. The molecule has 0 atom stereocenters. The van der Waals surface area contributed by atoms with Gasteiger partial charge in [-0.3, -0.25) is 4.79 Å². The lowest BCUT2D eigenvalue weighted by atomic mass is 9.74. The van der Waals surface area contributed by atoms with Gasteiger partial charge in [-0.15, -0.1) is 5.10 Å². The van der Waals surface area contributed by atoms with E-state index in [0.29, 0.717) is 46.3 Å². The molecule has 11 heteroatoms. The van der Waals surface area contributed by atoms with Gasteiger partial charge in [0.05, 0.1) is 24.7 Å². The Morgan fingerprint density at radius 2 is 1.51 bits per heavy atom. The Bertz CT molecular complexity index is 2630. The van der Waals surface area contributed by atoms with E-state index < -0.39 is 5.54 Å². The molecule has 2 aliphatic heterocycles. The van der Waals surface area contributed by atoms with E-state index in [-0.39, 0.29) is 12.5 Å². The van der Waals surface area contributed by atoms with Gasteiger partial charge in [-0.2, -0.15) is 5.10 Å². The summed E-state index contributed by atoms with van der Waals surface area (Å²) in [4.78, 5) is 19.7. The number of carbonyl (C=O) groups is 1. The zero-order chi connectivity index (χ0) is 39.1. The number of hydrogen-bond donors (Lipinski definition) is 2. The summed E-state index contributed by atoms with van der Waals surface area (Å²) in [5.74, 6) is 1.71. The Hall–Kier alpha value is -7.01. The summed E-state index contributed by atoms with van der Waals surface area (Å²) < 4.78 is 14.8. The van der Waals surface area contributed by atoms with Crippen LogP contribution in [0.5, 0.6) is 17.2 Å². The first-order valence-electron chi connectivity index (χ1n) is 19.3. The third-order valence-corrected chi connectivity index (χ3v) is 10.6. The molecule has 0 saturated carbocycles. The number of pyridine rings is 1. The minimum atomic E-state index is -1.12. The van der Waals surface area contributed by atoms with Crippen LogP contribution in [0.25, 0.3) is 10.9 Å². The summed E-state index contributed by atoms with van der Waals surface area (Å²) in [6.45, 7) is 10.6. The lowest BCUT2D eigenvalue weighted by Crippen LogP contribution is -2.44. The van der Waals surface area contributed by atoms with E-state index in [2.05, 4.69) is 72.9 Å². The van der Waals surface area contributed by atoms with Crippen molar-refractivity contribution in [1.29, 1.82) is 0 Å². The summed E-state index contributed by atoms with van der Waals surface area (Å²) in [5, 5.41) is 23.1. The number of benzene rings is 5. The number of nitrogens with zero attached hydrogens (tertiary/aromatic N) is 6. The summed E-state index contributed by atoms with van der Waals surface area (Å²) in [7, 11) is 0. The lowest BCUT2D eigenvalue weighted by Gasteiger charge is -2.42. The van der Waals surface area contributed by atoms with Crippen LogP contribution >= 0.6 is 0 Å². The van der Waals surface area contributed by atoms with Gasteiger partial charge in [-0.1, -0.05) is 71.9 Å². The Labute approximate surface area is 331 Å². The molecular weight excluding hydrogens is 713 g/mol. The van der Waals surface area contributed by atoms with E-state index in [1.54, 1.807) is 15.9 Å². The maximum absolute atomic E-state index is 14.7. The second-order valence-electron chi connectivity index (χ2n) is 14.4. The van der Waals surface area contributed by atoms with Crippen LogP contribution < -0.4 is 20.1 Å². The van der Waals surface area contributed by atoms with Crippen LogP contribution in [-0.2, 0) is 18.7 Å². The van der Waals surface area contributed by atoms with E-state index in [1.807, 2.05) is 91.1 Å². The highest BCUT2D eigenvalue weighted by Crippen LogP contribution is 2.59. The molecule has 0 saturated heterocycles. The van der Waals surface area contributed by atoms with Crippen molar-refractivity contribution in [3.8, 4) is 17.2 Å². The first-order chi connectivity index (χ1) is 27.9. The molecule has 0 unspecified atom stereocenters. The third kappa shape index (κ3) is 6.21. The number of aryl methyl sites for hydroxylation is 2. The summed E-state index contributed by atoms with van der Waals surface area (Å²) in [6, 6.07) is 35.9.